The third-order valence-corrected chi connectivity index (χ3v) is 4.43. The highest BCUT2D eigenvalue weighted by atomic mass is 16.5. The standard InChI is InChI=1S/C18H30N4O2/c1-4-9-24-16-11-14(5-6-15(16)19)18(23)20-8-7-17-21-12(2)10-13(3)22-17/h10,14-16H,4-9,11,19H2,1-3H3,(H,20,23)/t14-,15+,16+/m0/s1. The minimum atomic E-state index is -0.00757. The number of rotatable bonds is 7. The van der Waals surface area contributed by atoms with E-state index >= 15 is 0 Å². The molecule has 1 aromatic rings. The Labute approximate surface area is 144 Å². The van der Waals surface area contributed by atoms with Crippen LogP contribution in [0.3, 0.4) is 0 Å². The number of nitrogens with two attached hydrogens (primary N) is 1. The maximum Gasteiger partial charge on any atom is 0.223 e. The second kappa shape index (κ2) is 9.08. The van der Waals surface area contributed by atoms with E-state index in [2.05, 4.69) is 22.2 Å². The van der Waals surface area contributed by atoms with Gasteiger partial charge in [-0.3, -0.25) is 4.79 Å². The van der Waals surface area contributed by atoms with Crippen LogP contribution in [0.4, 0.5) is 0 Å². The van der Waals surface area contributed by atoms with Crippen LogP contribution in [-0.2, 0) is 16.0 Å². The maximum atomic E-state index is 12.4. The Morgan fingerprint density at radius 1 is 1.33 bits per heavy atom. The van der Waals surface area contributed by atoms with Crippen LogP contribution in [0.5, 0.6) is 0 Å². The third-order valence-electron chi connectivity index (χ3n) is 4.43. The Balaban J connectivity index is 1.79. The van der Waals surface area contributed by atoms with Gasteiger partial charge in [0.1, 0.15) is 5.82 Å². The van der Waals surface area contributed by atoms with Crippen molar-refractivity contribution in [2.24, 2.45) is 11.7 Å². The largest absolute Gasteiger partial charge is 0.377 e. The monoisotopic (exact) mass is 334 g/mol. The van der Waals surface area contributed by atoms with Gasteiger partial charge in [0.05, 0.1) is 6.10 Å². The van der Waals surface area contributed by atoms with Crippen molar-refractivity contribution in [1.29, 1.82) is 0 Å². The van der Waals surface area contributed by atoms with Crippen molar-refractivity contribution in [3.8, 4) is 0 Å². The lowest BCUT2D eigenvalue weighted by Gasteiger charge is -2.33. The van der Waals surface area contributed by atoms with Crippen LogP contribution in [0.25, 0.3) is 0 Å². The molecule has 6 nitrogen and oxygen atoms in total. The molecule has 0 aromatic carbocycles. The molecule has 0 unspecified atom stereocenters. The third kappa shape index (κ3) is 5.53. The first-order valence-electron chi connectivity index (χ1n) is 8.95. The molecule has 1 heterocycles. The fourth-order valence-corrected chi connectivity index (χ4v) is 3.20. The molecule has 134 valence electrons. The van der Waals surface area contributed by atoms with Gasteiger partial charge in [-0.25, -0.2) is 9.97 Å². The van der Waals surface area contributed by atoms with E-state index < -0.39 is 0 Å². The summed E-state index contributed by atoms with van der Waals surface area (Å²) in [6.45, 7) is 7.26. The summed E-state index contributed by atoms with van der Waals surface area (Å²) in [4.78, 5) is 21.2. The predicted molar refractivity (Wildman–Crippen MR) is 93.6 cm³/mol. The molecular formula is C18H30N4O2. The number of carbonyl (C=O) groups is 1. The van der Waals surface area contributed by atoms with Gasteiger partial charge in [-0.2, -0.15) is 0 Å². The topological polar surface area (TPSA) is 90.1 Å². The van der Waals surface area contributed by atoms with Crippen molar-refractivity contribution < 1.29 is 9.53 Å². The molecule has 1 fully saturated rings. The van der Waals surface area contributed by atoms with Gasteiger partial charge in [0.25, 0.3) is 0 Å². The molecule has 3 N–H and O–H groups in total. The molecule has 1 aliphatic carbocycles. The summed E-state index contributed by atoms with van der Waals surface area (Å²) in [5.41, 5.74) is 8.03. The van der Waals surface area contributed by atoms with Crippen molar-refractivity contribution in [1.82, 2.24) is 15.3 Å². The summed E-state index contributed by atoms with van der Waals surface area (Å²) >= 11 is 0. The van der Waals surface area contributed by atoms with Gasteiger partial charge in [-0.15, -0.1) is 0 Å². The first kappa shape index (κ1) is 18.8. The molecule has 0 radical (unpaired) electrons. The highest BCUT2D eigenvalue weighted by molar-refractivity contribution is 5.78. The lowest BCUT2D eigenvalue weighted by Crippen LogP contribution is -2.46. The lowest BCUT2D eigenvalue weighted by atomic mass is 9.83. The van der Waals surface area contributed by atoms with Crippen LogP contribution in [-0.4, -0.2) is 41.2 Å². The summed E-state index contributed by atoms with van der Waals surface area (Å²) in [5, 5.41) is 3.02. The molecule has 1 saturated carbocycles. The number of hydrogen-bond donors (Lipinski definition) is 2. The molecule has 0 aliphatic heterocycles. The molecule has 0 bridgehead atoms. The molecule has 3 atom stereocenters. The zero-order valence-electron chi connectivity index (χ0n) is 15.0. The van der Waals surface area contributed by atoms with E-state index in [1.165, 1.54) is 0 Å². The SMILES string of the molecule is CCCO[C@@H]1C[C@@H](C(=O)NCCc2nc(C)cc(C)n2)CC[C@H]1N. The van der Waals surface area contributed by atoms with E-state index in [4.69, 9.17) is 10.5 Å². The van der Waals surface area contributed by atoms with Gasteiger partial charge < -0.3 is 15.8 Å². The fourth-order valence-electron chi connectivity index (χ4n) is 3.20. The molecular weight excluding hydrogens is 304 g/mol. The Hall–Kier alpha value is -1.53. The van der Waals surface area contributed by atoms with E-state index in [9.17, 15) is 4.79 Å². The van der Waals surface area contributed by atoms with Gasteiger partial charge in [0, 0.05) is 42.9 Å². The highest BCUT2D eigenvalue weighted by Gasteiger charge is 2.32. The minimum absolute atomic E-state index is 0.00259. The molecule has 6 heteroatoms. The quantitative estimate of drug-likeness (QED) is 0.792. The molecule has 1 amide bonds. The number of aryl methyl sites for hydroxylation is 2. The lowest BCUT2D eigenvalue weighted by molar-refractivity contribution is -0.128. The number of aromatic nitrogens is 2. The van der Waals surface area contributed by atoms with Crippen LogP contribution in [0.2, 0.25) is 0 Å². The summed E-state index contributed by atoms with van der Waals surface area (Å²) in [5.74, 6) is 0.866. The van der Waals surface area contributed by atoms with Gasteiger partial charge in [0.2, 0.25) is 5.91 Å². The zero-order chi connectivity index (χ0) is 17.5. The van der Waals surface area contributed by atoms with Crippen LogP contribution in [0, 0.1) is 19.8 Å². The van der Waals surface area contributed by atoms with Crippen molar-refractivity contribution >= 4 is 5.91 Å². The molecule has 24 heavy (non-hydrogen) atoms. The molecule has 1 aliphatic rings. The van der Waals surface area contributed by atoms with E-state index in [0.717, 1.165) is 36.5 Å². The fraction of sp³-hybridized carbons (Fsp3) is 0.722. The van der Waals surface area contributed by atoms with Crippen LogP contribution < -0.4 is 11.1 Å². The summed E-state index contributed by atoms with van der Waals surface area (Å²) in [6.07, 6.45) is 4.00. The summed E-state index contributed by atoms with van der Waals surface area (Å²) in [7, 11) is 0. The number of hydrogen-bond acceptors (Lipinski definition) is 5. The van der Waals surface area contributed by atoms with Crippen LogP contribution >= 0.6 is 0 Å². The smallest absolute Gasteiger partial charge is 0.223 e. The molecule has 1 aromatic heterocycles. The second-order valence-corrected chi connectivity index (χ2v) is 6.69. The van der Waals surface area contributed by atoms with Crippen LogP contribution in [0.15, 0.2) is 6.07 Å². The first-order valence-corrected chi connectivity index (χ1v) is 8.95. The number of nitrogens with one attached hydrogen (secondary N) is 1. The minimum Gasteiger partial charge on any atom is -0.377 e. The zero-order valence-corrected chi connectivity index (χ0v) is 15.0. The number of nitrogens with zero attached hydrogens (tertiary/aromatic N) is 2. The maximum absolute atomic E-state index is 12.4. The van der Waals surface area contributed by atoms with Crippen molar-refractivity contribution in [3.05, 3.63) is 23.3 Å². The average Bonchev–Trinajstić information content (AvgIpc) is 2.53. The predicted octanol–water partition coefficient (Wildman–Crippen LogP) is 1.67. The summed E-state index contributed by atoms with van der Waals surface area (Å²) < 4.78 is 5.80. The Morgan fingerprint density at radius 2 is 2.04 bits per heavy atom. The van der Waals surface area contributed by atoms with E-state index in [1.807, 2.05) is 19.9 Å². The van der Waals surface area contributed by atoms with Crippen molar-refractivity contribution in [2.75, 3.05) is 13.2 Å². The normalized spacial score (nSPS) is 23.9. The van der Waals surface area contributed by atoms with E-state index in [1.54, 1.807) is 0 Å². The van der Waals surface area contributed by atoms with E-state index in [0.29, 0.717) is 26.0 Å². The van der Waals surface area contributed by atoms with Crippen molar-refractivity contribution in [3.63, 3.8) is 0 Å². The van der Waals surface area contributed by atoms with Crippen molar-refractivity contribution in [2.45, 2.75) is 65.0 Å². The van der Waals surface area contributed by atoms with Gasteiger partial charge in [-0.1, -0.05) is 6.92 Å². The van der Waals surface area contributed by atoms with Crippen LogP contribution in [0.1, 0.15) is 49.8 Å². The number of amides is 1. The number of carbonyl (C=O) groups excluding carboxylic acids is 1. The van der Waals surface area contributed by atoms with E-state index in [-0.39, 0.29) is 24.0 Å². The summed E-state index contributed by atoms with van der Waals surface area (Å²) in [6, 6.07) is 1.99. The first-order chi connectivity index (χ1) is 11.5. The Kier molecular flexibility index (Phi) is 7.12. The van der Waals surface area contributed by atoms with Gasteiger partial charge in [0.15, 0.2) is 0 Å². The molecule has 2 rings (SSSR count). The average molecular weight is 334 g/mol. The molecule has 0 saturated heterocycles. The Bertz CT molecular complexity index is 530. The Morgan fingerprint density at radius 3 is 2.71 bits per heavy atom. The van der Waals surface area contributed by atoms with Gasteiger partial charge in [-0.05, 0) is 45.6 Å². The second-order valence-electron chi connectivity index (χ2n) is 6.69. The van der Waals surface area contributed by atoms with Gasteiger partial charge >= 0.3 is 0 Å². The highest BCUT2D eigenvalue weighted by Crippen LogP contribution is 2.26. The number of ether oxygens (including phenoxy) is 1. The molecule has 0 spiro atoms.